The van der Waals surface area contributed by atoms with Crippen molar-refractivity contribution < 1.29 is 17.7 Å². The Morgan fingerprint density at radius 3 is 2.31 bits per heavy atom. The van der Waals surface area contributed by atoms with E-state index in [2.05, 4.69) is 15.2 Å². The van der Waals surface area contributed by atoms with E-state index in [1.165, 1.54) is 17.7 Å². The van der Waals surface area contributed by atoms with Gasteiger partial charge in [-0.15, -0.1) is 0 Å². The molecule has 2 heterocycles. The smallest absolute Gasteiger partial charge is 0.332 e. The summed E-state index contributed by atoms with van der Waals surface area (Å²) in [6.07, 6.45) is -4.39. The highest BCUT2D eigenvalue weighted by Gasteiger charge is 2.30. The molecule has 0 aliphatic rings. The molecule has 0 N–H and O–H groups in total. The Labute approximate surface area is 164 Å². The highest BCUT2D eigenvalue weighted by molar-refractivity contribution is 5.58. The summed E-state index contributed by atoms with van der Waals surface area (Å²) in [6, 6.07) is 14.6. The molecule has 148 valence electrons. The second kappa shape index (κ2) is 7.20. The van der Waals surface area contributed by atoms with Crippen molar-refractivity contribution in [2.75, 3.05) is 0 Å². The Morgan fingerprint density at radius 1 is 0.966 bits per heavy atom. The molecule has 0 radical (unpaired) electrons. The van der Waals surface area contributed by atoms with Crippen molar-refractivity contribution in [1.29, 1.82) is 0 Å². The molecule has 0 atom stereocenters. The summed E-state index contributed by atoms with van der Waals surface area (Å²) in [7, 11) is 0. The summed E-state index contributed by atoms with van der Waals surface area (Å²) >= 11 is 0. The SMILES string of the molecule is Cc1ccc(Cn2nc(-c3nc(-c4ccc(C(F)(F)F)cc4)no3)cc2C)cc1. The van der Waals surface area contributed by atoms with Crippen molar-refractivity contribution in [3.05, 3.63) is 77.0 Å². The molecule has 8 heteroatoms. The average molecular weight is 398 g/mol. The van der Waals surface area contributed by atoms with E-state index in [0.29, 0.717) is 17.8 Å². The first kappa shape index (κ1) is 18.9. The largest absolute Gasteiger partial charge is 0.416 e. The number of halogens is 3. The molecule has 4 rings (SSSR count). The number of hydrogen-bond acceptors (Lipinski definition) is 4. The first-order valence-electron chi connectivity index (χ1n) is 8.91. The lowest BCUT2D eigenvalue weighted by atomic mass is 10.1. The normalized spacial score (nSPS) is 11.8. The fourth-order valence-corrected chi connectivity index (χ4v) is 2.89. The topological polar surface area (TPSA) is 56.7 Å². The van der Waals surface area contributed by atoms with Gasteiger partial charge in [0.05, 0.1) is 12.1 Å². The molecule has 0 spiro atoms. The van der Waals surface area contributed by atoms with Crippen molar-refractivity contribution in [2.45, 2.75) is 26.6 Å². The molecule has 0 saturated carbocycles. The third kappa shape index (κ3) is 4.06. The Morgan fingerprint density at radius 2 is 1.66 bits per heavy atom. The quantitative estimate of drug-likeness (QED) is 0.469. The van der Waals surface area contributed by atoms with Gasteiger partial charge in [0, 0.05) is 11.3 Å². The Hall–Kier alpha value is -3.42. The van der Waals surface area contributed by atoms with E-state index in [0.717, 1.165) is 23.4 Å². The second-order valence-corrected chi connectivity index (χ2v) is 6.81. The minimum Gasteiger partial charge on any atom is -0.332 e. The molecular weight excluding hydrogens is 381 g/mol. The van der Waals surface area contributed by atoms with Crippen LogP contribution in [-0.4, -0.2) is 19.9 Å². The maximum Gasteiger partial charge on any atom is 0.416 e. The minimum absolute atomic E-state index is 0.208. The molecular formula is C21H17F3N4O. The Balaban J connectivity index is 1.56. The van der Waals surface area contributed by atoms with Crippen molar-refractivity contribution in [3.63, 3.8) is 0 Å². The lowest BCUT2D eigenvalue weighted by Crippen LogP contribution is -2.04. The van der Waals surface area contributed by atoms with Crippen LogP contribution in [0.25, 0.3) is 23.0 Å². The molecule has 0 bridgehead atoms. The molecule has 4 aromatic rings. The molecule has 0 aliphatic carbocycles. The van der Waals surface area contributed by atoms with Crippen molar-refractivity contribution >= 4 is 0 Å². The zero-order valence-electron chi connectivity index (χ0n) is 15.7. The van der Waals surface area contributed by atoms with Crippen LogP contribution >= 0.6 is 0 Å². The van der Waals surface area contributed by atoms with Crippen LogP contribution in [0.1, 0.15) is 22.4 Å². The van der Waals surface area contributed by atoms with Gasteiger partial charge >= 0.3 is 6.18 Å². The summed E-state index contributed by atoms with van der Waals surface area (Å²) < 4.78 is 45.2. The van der Waals surface area contributed by atoms with Crippen LogP contribution < -0.4 is 0 Å². The number of aromatic nitrogens is 4. The first-order valence-corrected chi connectivity index (χ1v) is 8.91. The molecule has 0 amide bonds. The lowest BCUT2D eigenvalue weighted by Gasteiger charge is -2.05. The van der Waals surface area contributed by atoms with Crippen molar-refractivity contribution in [3.8, 4) is 23.0 Å². The van der Waals surface area contributed by atoms with Gasteiger partial charge < -0.3 is 4.52 Å². The van der Waals surface area contributed by atoms with Gasteiger partial charge in [0.25, 0.3) is 5.89 Å². The van der Waals surface area contributed by atoms with Gasteiger partial charge in [-0.05, 0) is 37.6 Å². The van der Waals surface area contributed by atoms with Gasteiger partial charge in [-0.25, -0.2) is 0 Å². The fraction of sp³-hybridized carbons (Fsp3) is 0.190. The van der Waals surface area contributed by atoms with E-state index in [-0.39, 0.29) is 11.7 Å². The van der Waals surface area contributed by atoms with Gasteiger partial charge in [-0.2, -0.15) is 23.3 Å². The summed E-state index contributed by atoms with van der Waals surface area (Å²) in [6.45, 7) is 4.56. The standard InChI is InChI=1S/C21H17F3N4O/c1-13-3-5-15(6-4-13)12-28-14(2)11-18(26-28)20-25-19(27-29-20)16-7-9-17(10-8-16)21(22,23)24/h3-11H,12H2,1-2H3. The van der Waals surface area contributed by atoms with Crippen LogP contribution in [0.2, 0.25) is 0 Å². The highest BCUT2D eigenvalue weighted by Crippen LogP contribution is 2.31. The lowest BCUT2D eigenvalue weighted by molar-refractivity contribution is -0.137. The molecule has 0 aliphatic heterocycles. The number of benzene rings is 2. The molecule has 29 heavy (non-hydrogen) atoms. The summed E-state index contributed by atoms with van der Waals surface area (Å²) in [5, 5.41) is 8.39. The van der Waals surface area contributed by atoms with E-state index < -0.39 is 11.7 Å². The number of hydrogen-bond donors (Lipinski definition) is 0. The fourth-order valence-electron chi connectivity index (χ4n) is 2.89. The van der Waals surface area contributed by atoms with Crippen LogP contribution in [-0.2, 0) is 12.7 Å². The maximum absolute atomic E-state index is 12.7. The molecule has 0 unspecified atom stereocenters. The van der Waals surface area contributed by atoms with Crippen molar-refractivity contribution in [2.24, 2.45) is 0 Å². The Kier molecular flexibility index (Phi) is 4.70. The van der Waals surface area contributed by atoms with E-state index >= 15 is 0 Å². The number of aryl methyl sites for hydroxylation is 2. The minimum atomic E-state index is -4.39. The van der Waals surface area contributed by atoms with Crippen molar-refractivity contribution in [1.82, 2.24) is 19.9 Å². The zero-order chi connectivity index (χ0) is 20.6. The number of alkyl halides is 3. The van der Waals surface area contributed by atoms with Gasteiger partial charge in [0.15, 0.2) is 5.69 Å². The van der Waals surface area contributed by atoms with E-state index in [1.807, 2.05) is 48.9 Å². The van der Waals surface area contributed by atoms with E-state index in [1.54, 1.807) is 0 Å². The molecule has 0 saturated heterocycles. The summed E-state index contributed by atoms with van der Waals surface area (Å²) in [4.78, 5) is 4.28. The molecule has 2 aromatic heterocycles. The van der Waals surface area contributed by atoms with E-state index in [9.17, 15) is 13.2 Å². The predicted octanol–water partition coefficient (Wildman–Crippen LogP) is 5.28. The summed E-state index contributed by atoms with van der Waals surface area (Å²) in [5.74, 6) is 0.421. The third-order valence-corrected chi connectivity index (χ3v) is 4.55. The maximum atomic E-state index is 12.7. The van der Waals surface area contributed by atoms with Gasteiger partial charge in [-0.1, -0.05) is 47.1 Å². The van der Waals surface area contributed by atoms with Crippen LogP contribution in [0.15, 0.2) is 59.1 Å². The first-order chi connectivity index (χ1) is 13.8. The van der Waals surface area contributed by atoms with Crippen LogP contribution in [0.5, 0.6) is 0 Å². The predicted molar refractivity (Wildman–Crippen MR) is 101 cm³/mol. The van der Waals surface area contributed by atoms with Crippen LogP contribution in [0.3, 0.4) is 0 Å². The van der Waals surface area contributed by atoms with E-state index in [4.69, 9.17) is 4.52 Å². The van der Waals surface area contributed by atoms with Gasteiger partial charge in [0.1, 0.15) is 0 Å². The Bertz CT molecular complexity index is 1130. The summed E-state index contributed by atoms with van der Waals surface area (Å²) in [5.41, 5.74) is 3.45. The van der Waals surface area contributed by atoms with Gasteiger partial charge in [0.2, 0.25) is 5.82 Å². The van der Waals surface area contributed by atoms with Gasteiger partial charge in [-0.3, -0.25) is 4.68 Å². The molecule has 5 nitrogen and oxygen atoms in total. The third-order valence-electron chi connectivity index (χ3n) is 4.55. The van der Waals surface area contributed by atoms with Crippen LogP contribution in [0.4, 0.5) is 13.2 Å². The highest BCUT2D eigenvalue weighted by atomic mass is 19.4. The van der Waals surface area contributed by atoms with Crippen LogP contribution in [0, 0.1) is 13.8 Å². The molecule has 0 fully saturated rings. The monoisotopic (exact) mass is 398 g/mol. The molecule has 2 aromatic carbocycles. The zero-order valence-corrected chi connectivity index (χ0v) is 15.7. The number of nitrogens with zero attached hydrogens (tertiary/aromatic N) is 4. The second-order valence-electron chi connectivity index (χ2n) is 6.81. The average Bonchev–Trinajstić information content (AvgIpc) is 3.30. The number of rotatable bonds is 4.